The number of rotatable bonds is 2. The van der Waals surface area contributed by atoms with Gasteiger partial charge in [0.25, 0.3) is 0 Å². The summed E-state index contributed by atoms with van der Waals surface area (Å²) >= 11 is 0. The molecule has 2 heterocycles. The van der Waals surface area contributed by atoms with E-state index in [1.807, 2.05) is 20.8 Å². The van der Waals surface area contributed by atoms with Crippen LogP contribution < -0.4 is 10.5 Å². The number of pyridine rings is 1. The maximum absolute atomic E-state index is 13.1. The third-order valence-corrected chi connectivity index (χ3v) is 5.50. The standard InChI is InChI=1S/C20H22N2O3.C2H6/c1-20(9-8-17-16(19(20)24)6-7-18(23)21-17)14-2-4-15(5-3-14)22-10-12-25-13-11-22;1-2/h2-7H,8-13H2,1H3,(H,21,23);1-2H3. The zero-order valence-corrected chi connectivity index (χ0v) is 16.4. The molecule has 1 unspecified atom stereocenters. The fraction of sp³-hybridized carbons (Fsp3) is 0.455. The molecule has 144 valence electrons. The first-order valence-electron chi connectivity index (χ1n) is 9.78. The number of aromatic amines is 1. The molecule has 0 spiro atoms. The Morgan fingerprint density at radius 3 is 2.33 bits per heavy atom. The zero-order valence-electron chi connectivity index (χ0n) is 16.4. The first-order valence-corrected chi connectivity index (χ1v) is 9.78. The number of Topliss-reactive ketones (excluding diaryl/α,β-unsaturated/α-hetero) is 1. The van der Waals surface area contributed by atoms with Gasteiger partial charge in [0.05, 0.1) is 18.6 Å². The topological polar surface area (TPSA) is 62.4 Å². The molecule has 5 nitrogen and oxygen atoms in total. The first kappa shape index (κ1) is 19.4. The van der Waals surface area contributed by atoms with E-state index in [-0.39, 0.29) is 11.3 Å². The van der Waals surface area contributed by atoms with Crippen molar-refractivity contribution in [2.75, 3.05) is 31.2 Å². The number of fused-ring (bicyclic) bond motifs is 1. The second kappa shape index (κ2) is 8.09. The first-order chi connectivity index (χ1) is 13.1. The number of carbonyl (C=O) groups is 1. The largest absolute Gasteiger partial charge is 0.378 e. The van der Waals surface area contributed by atoms with Crippen molar-refractivity contribution in [2.45, 2.75) is 39.0 Å². The maximum atomic E-state index is 13.1. The lowest BCUT2D eigenvalue weighted by molar-refractivity contribution is 0.0874. The molecule has 1 fully saturated rings. The van der Waals surface area contributed by atoms with E-state index in [1.54, 1.807) is 6.07 Å². The van der Waals surface area contributed by atoms with E-state index in [9.17, 15) is 9.59 Å². The number of aromatic nitrogens is 1. The highest BCUT2D eigenvalue weighted by molar-refractivity contribution is 6.05. The van der Waals surface area contributed by atoms with Crippen LogP contribution in [0.15, 0.2) is 41.2 Å². The molecule has 27 heavy (non-hydrogen) atoms. The van der Waals surface area contributed by atoms with Gasteiger partial charge in [-0.2, -0.15) is 0 Å². The van der Waals surface area contributed by atoms with Crippen LogP contribution in [-0.2, 0) is 16.6 Å². The number of anilines is 1. The van der Waals surface area contributed by atoms with Crippen LogP contribution in [0.4, 0.5) is 5.69 Å². The normalized spacial score (nSPS) is 21.9. The van der Waals surface area contributed by atoms with Gasteiger partial charge in [-0.3, -0.25) is 9.59 Å². The molecular formula is C22H28N2O3. The molecule has 1 N–H and O–H groups in total. The zero-order chi connectivity index (χ0) is 19.4. The Hall–Kier alpha value is -2.40. The van der Waals surface area contributed by atoms with Crippen molar-refractivity contribution < 1.29 is 9.53 Å². The van der Waals surface area contributed by atoms with Crippen molar-refractivity contribution in [3.05, 3.63) is 63.6 Å². The number of hydrogen-bond acceptors (Lipinski definition) is 4. The van der Waals surface area contributed by atoms with Crippen molar-refractivity contribution in [1.29, 1.82) is 0 Å². The van der Waals surface area contributed by atoms with Gasteiger partial charge >= 0.3 is 0 Å². The second-order valence-corrected chi connectivity index (χ2v) is 7.02. The SMILES string of the molecule is CC.CC1(c2ccc(N3CCOCC3)cc2)CCc2[nH]c(=O)ccc2C1=O. The number of carbonyl (C=O) groups excluding carboxylic acids is 1. The highest BCUT2D eigenvalue weighted by Crippen LogP contribution is 2.38. The van der Waals surface area contributed by atoms with Gasteiger partial charge < -0.3 is 14.6 Å². The van der Waals surface area contributed by atoms with E-state index in [2.05, 4.69) is 34.1 Å². The molecule has 0 radical (unpaired) electrons. The van der Waals surface area contributed by atoms with Crippen LogP contribution >= 0.6 is 0 Å². The summed E-state index contributed by atoms with van der Waals surface area (Å²) in [7, 11) is 0. The van der Waals surface area contributed by atoms with E-state index >= 15 is 0 Å². The Labute approximate surface area is 160 Å². The molecule has 1 atom stereocenters. The van der Waals surface area contributed by atoms with Crippen LogP contribution in [0.2, 0.25) is 0 Å². The molecule has 2 aliphatic rings. The molecule has 0 amide bonds. The Kier molecular flexibility index (Phi) is 5.80. The third-order valence-electron chi connectivity index (χ3n) is 5.50. The molecule has 5 heteroatoms. The van der Waals surface area contributed by atoms with E-state index in [0.29, 0.717) is 18.4 Å². The summed E-state index contributed by atoms with van der Waals surface area (Å²) < 4.78 is 5.40. The van der Waals surface area contributed by atoms with Crippen LogP contribution in [0.3, 0.4) is 0 Å². The highest BCUT2D eigenvalue weighted by atomic mass is 16.5. The molecular weight excluding hydrogens is 340 g/mol. The second-order valence-electron chi connectivity index (χ2n) is 7.02. The van der Waals surface area contributed by atoms with Crippen LogP contribution in [0.1, 0.15) is 48.8 Å². The smallest absolute Gasteiger partial charge is 0.248 e. The molecule has 1 aliphatic heterocycles. The monoisotopic (exact) mass is 368 g/mol. The molecule has 1 aliphatic carbocycles. The quantitative estimate of drug-likeness (QED) is 0.883. The van der Waals surface area contributed by atoms with Crippen LogP contribution in [0, 0.1) is 0 Å². The van der Waals surface area contributed by atoms with Gasteiger partial charge in [0.2, 0.25) is 5.56 Å². The summed E-state index contributed by atoms with van der Waals surface area (Å²) in [6.45, 7) is 9.32. The van der Waals surface area contributed by atoms with Crippen molar-refractivity contribution >= 4 is 11.5 Å². The number of ketones is 1. The summed E-state index contributed by atoms with van der Waals surface area (Å²) in [5, 5.41) is 0. The van der Waals surface area contributed by atoms with Gasteiger partial charge in [0, 0.05) is 36.1 Å². The van der Waals surface area contributed by atoms with Crippen molar-refractivity contribution in [3.8, 4) is 0 Å². The van der Waals surface area contributed by atoms with Crippen LogP contribution in [0.25, 0.3) is 0 Å². The predicted octanol–water partition coefficient (Wildman–Crippen LogP) is 3.32. The predicted molar refractivity (Wildman–Crippen MR) is 108 cm³/mol. The third kappa shape index (κ3) is 3.69. The molecule has 1 aromatic carbocycles. The number of H-pyrrole nitrogens is 1. The fourth-order valence-corrected chi connectivity index (χ4v) is 3.85. The summed E-state index contributed by atoms with van der Waals surface area (Å²) in [6, 6.07) is 11.4. The Bertz CT molecular complexity index is 851. The van der Waals surface area contributed by atoms with Crippen molar-refractivity contribution in [1.82, 2.24) is 4.98 Å². The minimum absolute atomic E-state index is 0.0872. The number of ether oxygens (including phenoxy) is 1. The number of benzene rings is 1. The van der Waals surface area contributed by atoms with Gasteiger partial charge in [-0.15, -0.1) is 0 Å². The van der Waals surface area contributed by atoms with Gasteiger partial charge in [-0.1, -0.05) is 26.0 Å². The lowest BCUT2D eigenvalue weighted by Crippen LogP contribution is -2.39. The van der Waals surface area contributed by atoms with Crippen molar-refractivity contribution in [2.24, 2.45) is 0 Å². The maximum Gasteiger partial charge on any atom is 0.248 e. The average molecular weight is 368 g/mol. The van der Waals surface area contributed by atoms with E-state index < -0.39 is 5.41 Å². The van der Waals surface area contributed by atoms with Crippen LogP contribution in [-0.4, -0.2) is 37.1 Å². The molecule has 1 aromatic heterocycles. The van der Waals surface area contributed by atoms with E-state index in [0.717, 1.165) is 37.6 Å². The Balaban J connectivity index is 0.00000102. The van der Waals surface area contributed by atoms with Crippen LogP contribution in [0.5, 0.6) is 0 Å². The van der Waals surface area contributed by atoms with Gasteiger partial charge in [0.1, 0.15) is 0 Å². The summed E-state index contributed by atoms with van der Waals surface area (Å²) in [6.07, 6.45) is 1.41. The number of nitrogens with one attached hydrogen (secondary N) is 1. The lowest BCUT2D eigenvalue weighted by atomic mass is 9.69. The number of morpholine rings is 1. The number of hydrogen-bond donors (Lipinski definition) is 1. The molecule has 0 saturated carbocycles. The van der Waals surface area contributed by atoms with Crippen molar-refractivity contribution in [3.63, 3.8) is 0 Å². The molecule has 1 saturated heterocycles. The molecule has 2 aromatic rings. The summed E-state index contributed by atoms with van der Waals surface area (Å²) in [4.78, 5) is 29.7. The molecule has 0 bridgehead atoms. The van der Waals surface area contributed by atoms with E-state index in [1.165, 1.54) is 11.8 Å². The Morgan fingerprint density at radius 1 is 1.00 bits per heavy atom. The number of aryl methyl sites for hydroxylation is 1. The van der Waals surface area contributed by atoms with Gasteiger partial charge in [-0.25, -0.2) is 0 Å². The summed E-state index contributed by atoms with van der Waals surface area (Å²) in [5.74, 6) is 0.0872. The minimum atomic E-state index is -0.547. The highest BCUT2D eigenvalue weighted by Gasteiger charge is 2.40. The average Bonchev–Trinajstić information content (AvgIpc) is 2.73. The Morgan fingerprint density at radius 2 is 1.67 bits per heavy atom. The minimum Gasteiger partial charge on any atom is -0.378 e. The van der Waals surface area contributed by atoms with Gasteiger partial charge in [0.15, 0.2) is 5.78 Å². The fourth-order valence-electron chi connectivity index (χ4n) is 3.85. The number of nitrogens with zero attached hydrogens (tertiary/aromatic N) is 1. The lowest BCUT2D eigenvalue weighted by Gasteiger charge is -2.34. The summed E-state index contributed by atoms with van der Waals surface area (Å²) in [5.41, 5.74) is 2.92. The van der Waals surface area contributed by atoms with E-state index in [4.69, 9.17) is 4.74 Å². The van der Waals surface area contributed by atoms with Gasteiger partial charge in [-0.05, 0) is 43.5 Å². The molecule has 4 rings (SSSR count).